The molecule has 0 spiro atoms. The second-order valence-electron chi connectivity index (χ2n) is 4.88. The van der Waals surface area contributed by atoms with Crippen LogP contribution < -0.4 is 5.32 Å². The zero-order valence-corrected chi connectivity index (χ0v) is 10.0. The normalized spacial score (nSPS) is 23.1. The van der Waals surface area contributed by atoms with Crippen LogP contribution in [0.3, 0.4) is 0 Å². The number of nitrogens with zero attached hydrogens (tertiary/aromatic N) is 2. The molecule has 0 unspecified atom stereocenters. The minimum absolute atomic E-state index is 0.624. The molecule has 88 valence electrons. The van der Waals surface area contributed by atoms with Crippen LogP contribution in [0.25, 0.3) is 0 Å². The number of nitrogens with one attached hydrogen (secondary N) is 1. The molecular weight excluding hydrogens is 210 g/mol. The molecule has 1 N–H and O–H groups in total. The third-order valence-electron chi connectivity index (χ3n) is 3.44. The summed E-state index contributed by atoms with van der Waals surface area (Å²) in [5.74, 6) is 1.81. The summed E-state index contributed by atoms with van der Waals surface area (Å²) < 4.78 is 2.26. The Bertz CT molecular complexity index is 483. The van der Waals surface area contributed by atoms with Crippen molar-refractivity contribution in [2.45, 2.75) is 25.8 Å². The van der Waals surface area contributed by atoms with Crippen LogP contribution in [0, 0.1) is 5.92 Å². The Balaban J connectivity index is 1.78. The second kappa shape index (κ2) is 4.24. The van der Waals surface area contributed by atoms with Gasteiger partial charge < -0.3 is 9.88 Å². The zero-order chi connectivity index (χ0) is 11.7. The van der Waals surface area contributed by atoms with Crippen molar-refractivity contribution in [3.8, 4) is 0 Å². The number of hydrogen-bond acceptors (Lipinski definition) is 2. The highest BCUT2D eigenvalue weighted by Gasteiger charge is 2.28. The fraction of sp³-hybridized carbons (Fsp3) is 0.357. The van der Waals surface area contributed by atoms with Crippen LogP contribution in [0.1, 0.15) is 25.8 Å². The van der Waals surface area contributed by atoms with Gasteiger partial charge >= 0.3 is 0 Å². The Morgan fingerprint density at radius 1 is 1.24 bits per heavy atom. The molecule has 1 saturated carbocycles. The number of benzene rings is 1. The molecule has 0 amide bonds. The fourth-order valence-corrected chi connectivity index (χ4v) is 2.44. The molecule has 0 saturated heterocycles. The van der Waals surface area contributed by atoms with E-state index in [1.165, 1.54) is 12.8 Å². The van der Waals surface area contributed by atoms with Gasteiger partial charge in [0.2, 0.25) is 5.95 Å². The molecular formula is C14H17N3. The van der Waals surface area contributed by atoms with Crippen LogP contribution in [0.4, 0.5) is 11.6 Å². The van der Waals surface area contributed by atoms with Gasteiger partial charge in [-0.05, 0) is 30.9 Å². The molecule has 17 heavy (non-hydrogen) atoms. The van der Waals surface area contributed by atoms with Crippen molar-refractivity contribution in [3.05, 3.63) is 42.7 Å². The van der Waals surface area contributed by atoms with Gasteiger partial charge in [0.25, 0.3) is 0 Å². The van der Waals surface area contributed by atoms with E-state index in [0.717, 1.165) is 17.6 Å². The number of aromatic nitrogens is 2. The van der Waals surface area contributed by atoms with Crippen LogP contribution in [-0.4, -0.2) is 9.55 Å². The van der Waals surface area contributed by atoms with E-state index in [2.05, 4.69) is 40.1 Å². The quantitative estimate of drug-likeness (QED) is 0.868. The Morgan fingerprint density at radius 2 is 2.00 bits per heavy atom. The lowest BCUT2D eigenvalue weighted by molar-refractivity contribution is 0.218. The minimum atomic E-state index is 0.624. The molecule has 1 fully saturated rings. The lowest BCUT2D eigenvalue weighted by Gasteiger charge is -2.34. The van der Waals surface area contributed by atoms with Gasteiger partial charge in [-0.2, -0.15) is 0 Å². The van der Waals surface area contributed by atoms with Crippen molar-refractivity contribution >= 4 is 11.6 Å². The molecule has 1 aromatic carbocycles. The summed E-state index contributed by atoms with van der Waals surface area (Å²) in [6.07, 6.45) is 6.47. The Kier molecular flexibility index (Phi) is 2.59. The van der Waals surface area contributed by atoms with Crippen LogP contribution in [0.5, 0.6) is 0 Å². The Hall–Kier alpha value is -1.77. The molecule has 0 bridgehead atoms. The molecule has 1 aliphatic rings. The van der Waals surface area contributed by atoms with Gasteiger partial charge in [0.05, 0.1) is 0 Å². The van der Waals surface area contributed by atoms with E-state index in [1.807, 2.05) is 24.4 Å². The molecule has 3 rings (SSSR count). The summed E-state index contributed by atoms with van der Waals surface area (Å²) in [6.45, 7) is 2.30. The van der Waals surface area contributed by atoms with Gasteiger partial charge in [-0.1, -0.05) is 25.1 Å². The van der Waals surface area contributed by atoms with Gasteiger partial charge in [-0.15, -0.1) is 0 Å². The van der Waals surface area contributed by atoms with Crippen LogP contribution >= 0.6 is 0 Å². The van der Waals surface area contributed by atoms with Crippen molar-refractivity contribution < 1.29 is 0 Å². The minimum Gasteiger partial charge on any atom is -0.326 e. The number of rotatable bonds is 3. The number of imidazole rings is 1. The standard InChI is InChI=1S/C14H17N3/c1-11-9-13(10-11)17-8-7-15-14(17)16-12-5-3-2-4-6-12/h2-8,11,13H,9-10H2,1H3,(H,15,16). The monoisotopic (exact) mass is 227 g/mol. The van der Waals surface area contributed by atoms with Gasteiger partial charge in [-0.3, -0.25) is 0 Å². The van der Waals surface area contributed by atoms with E-state index in [9.17, 15) is 0 Å². The first kappa shape index (κ1) is 10.4. The largest absolute Gasteiger partial charge is 0.326 e. The molecule has 3 nitrogen and oxygen atoms in total. The van der Waals surface area contributed by atoms with Crippen molar-refractivity contribution in [2.24, 2.45) is 5.92 Å². The Labute approximate surface area is 101 Å². The first-order chi connectivity index (χ1) is 8.33. The van der Waals surface area contributed by atoms with Gasteiger partial charge in [0.1, 0.15) is 0 Å². The maximum absolute atomic E-state index is 4.39. The average Bonchev–Trinajstić information content (AvgIpc) is 2.74. The Morgan fingerprint density at radius 3 is 2.71 bits per heavy atom. The topological polar surface area (TPSA) is 29.9 Å². The lowest BCUT2D eigenvalue weighted by atomic mass is 9.82. The highest BCUT2D eigenvalue weighted by molar-refractivity contribution is 5.53. The van der Waals surface area contributed by atoms with E-state index in [1.54, 1.807) is 0 Å². The van der Waals surface area contributed by atoms with Crippen LogP contribution in [0.2, 0.25) is 0 Å². The average molecular weight is 227 g/mol. The number of hydrogen-bond donors (Lipinski definition) is 1. The predicted octanol–water partition coefficient (Wildman–Crippen LogP) is 3.60. The molecule has 3 heteroatoms. The second-order valence-corrected chi connectivity index (χ2v) is 4.88. The molecule has 0 radical (unpaired) electrons. The summed E-state index contributed by atoms with van der Waals surface area (Å²) in [6, 6.07) is 10.8. The molecule has 1 aliphatic carbocycles. The molecule has 0 aliphatic heterocycles. The van der Waals surface area contributed by atoms with E-state index in [-0.39, 0.29) is 0 Å². The van der Waals surface area contributed by atoms with Gasteiger partial charge in [-0.25, -0.2) is 4.98 Å². The van der Waals surface area contributed by atoms with E-state index in [4.69, 9.17) is 0 Å². The van der Waals surface area contributed by atoms with E-state index < -0.39 is 0 Å². The lowest BCUT2D eigenvalue weighted by Crippen LogP contribution is -2.25. The van der Waals surface area contributed by atoms with Crippen molar-refractivity contribution in [1.29, 1.82) is 0 Å². The van der Waals surface area contributed by atoms with Crippen molar-refractivity contribution in [1.82, 2.24) is 9.55 Å². The SMILES string of the molecule is CC1CC(n2ccnc2Nc2ccccc2)C1. The van der Waals surface area contributed by atoms with Crippen molar-refractivity contribution in [3.63, 3.8) is 0 Å². The maximum atomic E-state index is 4.39. The molecule has 1 heterocycles. The molecule has 1 aromatic heterocycles. The van der Waals surface area contributed by atoms with Crippen molar-refractivity contribution in [2.75, 3.05) is 5.32 Å². The molecule has 2 aromatic rings. The summed E-state index contributed by atoms with van der Waals surface area (Å²) in [4.78, 5) is 4.39. The molecule has 0 atom stereocenters. The van der Waals surface area contributed by atoms with Crippen LogP contribution in [-0.2, 0) is 0 Å². The zero-order valence-electron chi connectivity index (χ0n) is 10.0. The smallest absolute Gasteiger partial charge is 0.207 e. The van der Waals surface area contributed by atoms with Crippen LogP contribution in [0.15, 0.2) is 42.7 Å². The highest BCUT2D eigenvalue weighted by atomic mass is 15.2. The predicted molar refractivity (Wildman–Crippen MR) is 69.4 cm³/mol. The first-order valence-electron chi connectivity index (χ1n) is 6.18. The summed E-state index contributed by atoms with van der Waals surface area (Å²) >= 11 is 0. The summed E-state index contributed by atoms with van der Waals surface area (Å²) in [5.41, 5.74) is 1.09. The number of para-hydroxylation sites is 1. The van der Waals surface area contributed by atoms with Gasteiger partial charge in [0, 0.05) is 24.1 Å². The van der Waals surface area contributed by atoms with Gasteiger partial charge in [0.15, 0.2) is 0 Å². The first-order valence-corrected chi connectivity index (χ1v) is 6.18. The third-order valence-corrected chi connectivity index (χ3v) is 3.44. The number of anilines is 2. The highest BCUT2D eigenvalue weighted by Crippen LogP contribution is 2.38. The van der Waals surface area contributed by atoms with E-state index in [0.29, 0.717) is 6.04 Å². The summed E-state index contributed by atoms with van der Waals surface area (Å²) in [5, 5.41) is 3.37. The van der Waals surface area contributed by atoms with E-state index >= 15 is 0 Å². The maximum Gasteiger partial charge on any atom is 0.207 e. The fourth-order valence-electron chi connectivity index (χ4n) is 2.44. The summed E-state index contributed by atoms with van der Waals surface area (Å²) in [7, 11) is 0. The third kappa shape index (κ3) is 2.05.